The number of H-pyrrole nitrogens is 1. The number of ether oxygens (including phenoxy) is 2. The summed E-state index contributed by atoms with van der Waals surface area (Å²) in [7, 11) is 1.54. The van der Waals surface area contributed by atoms with Crippen LogP contribution in [0.5, 0.6) is 5.75 Å². The highest BCUT2D eigenvalue weighted by Crippen LogP contribution is 2.25. The van der Waals surface area contributed by atoms with Gasteiger partial charge >= 0.3 is 5.97 Å². The highest BCUT2D eigenvalue weighted by atomic mass is 16.5. The normalized spacial score (nSPS) is 10.3. The molecule has 1 N–H and O–H groups in total. The van der Waals surface area contributed by atoms with Crippen molar-refractivity contribution in [3.8, 4) is 5.75 Å². The fourth-order valence-corrected chi connectivity index (χ4v) is 1.73. The molecule has 0 fully saturated rings. The van der Waals surface area contributed by atoms with Crippen LogP contribution in [0.1, 0.15) is 17.4 Å². The Morgan fingerprint density at radius 3 is 2.78 bits per heavy atom. The molecule has 94 valence electrons. The van der Waals surface area contributed by atoms with E-state index in [4.69, 9.17) is 4.74 Å². The molecule has 0 amide bonds. The summed E-state index contributed by atoms with van der Waals surface area (Å²) in [6, 6.07) is 7.03. The summed E-state index contributed by atoms with van der Waals surface area (Å²) in [5.74, 6) is -0.923. The van der Waals surface area contributed by atoms with Crippen LogP contribution in [0.3, 0.4) is 0 Å². The average molecular weight is 247 g/mol. The predicted molar refractivity (Wildman–Crippen MR) is 65.8 cm³/mol. The second kappa shape index (κ2) is 4.91. The van der Waals surface area contributed by atoms with Gasteiger partial charge in [-0.15, -0.1) is 0 Å². The molecule has 18 heavy (non-hydrogen) atoms. The molecule has 0 aliphatic carbocycles. The molecule has 2 aromatic rings. The number of nitrogens with one attached hydrogen (secondary N) is 1. The summed E-state index contributed by atoms with van der Waals surface area (Å²) in [5.41, 5.74) is 0.889. The Morgan fingerprint density at radius 2 is 2.11 bits per heavy atom. The number of carbonyl (C=O) groups is 2. The third-order valence-electron chi connectivity index (χ3n) is 2.54. The first-order valence-corrected chi connectivity index (χ1v) is 5.54. The summed E-state index contributed by atoms with van der Waals surface area (Å²) in [6.07, 6.45) is 0. The van der Waals surface area contributed by atoms with Crippen LogP contribution in [-0.2, 0) is 9.53 Å². The summed E-state index contributed by atoms with van der Waals surface area (Å²) in [5, 5.41) is 0.807. The number of rotatable bonds is 4. The minimum absolute atomic E-state index is 0.175. The molecule has 0 bridgehead atoms. The van der Waals surface area contributed by atoms with Crippen LogP contribution in [0.4, 0.5) is 0 Å². The van der Waals surface area contributed by atoms with Gasteiger partial charge in [0.05, 0.1) is 24.9 Å². The Labute approximate surface area is 104 Å². The zero-order valence-electron chi connectivity index (χ0n) is 10.1. The van der Waals surface area contributed by atoms with Crippen LogP contribution in [0, 0.1) is 0 Å². The van der Waals surface area contributed by atoms with E-state index in [2.05, 4.69) is 9.72 Å². The quantitative estimate of drug-likeness (QED) is 0.509. The van der Waals surface area contributed by atoms with E-state index in [-0.39, 0.29) is 12.3 Å². The van der Waals surface area contributed by atoms with Gasteiger partial charge in [-0.2, -0.15) is 0 Å². The first kappa shape index (κ1) is 12.2. The van der Waals surface area contributed by atoms with Gasteiger partial charge < -0.3 is 14.5 Å². The van der Waals surface area contributed by atoms with E-state index in [1.165, 1.54) is 0 Å². The van der Waals surface area contributed by atoms with Crippen LogP contribution < -0.4 is 4.74 Å². The maximum absolute atomic E-state index is 11.8. The standard InChI is InChI=1S/C13H13NO4/c1-3-18-13(16)12(15)9-7-8-5-4-6-10(17-2)11(8)14-9/h4-7,14H,3H2,1-2H3. The van der Waals surface area contributed by atoms with E-state index in [9.17, 15) is 9.59 Å². The van der Waals surface area contributed by atoms with Gasteiger partial charge in [-0.25, -0.2) is 4.79 Å². The van der Waals surface area contributed by atoms with Crippen molar-refractivity contribution in [2.45, 2.75) is 6.92 Å². The van der Waals surface area contributed by atoms with Crippen molar-refractivity contribution in [2.75, 3.05) is 13.7 Å². The second-order valence-corrected chi connectivity index (χ2v) is 3.66. The molecule has 0 unspecified atom stereocenters. The average Bonchev–Trinajstić information content (AvgIpc) is 2.81. The number of benzene rings is 1. The predicted octanol–water partition coefficient (Wildman–Crippen LogP) is 1.92. The molecule has 5 nitrogen and oxygen atoms in total. The van der Waals surface area contributed by atoms with E-state index in [0.29, 0.717) is 11.3 Å². The van der Waals surface area contributed by atoms with Gasteiger partial charge in [-0.1, -0.05) is 12.1 Å². The van der Waals surface area contributed by atoms with Gasteiger partial charge in [0.25, 0.3) is 5.78 Å². The summed E-state index contributed by atoms with van der Waals surface area (Å²) in [4.78, 5) is 26.0. The molecule has 0 radical (unpaired) electrons. The minimum Gasteiger partial charge on any atom is -0.495 e. The molecule has 1 heterocycles. The maximum atomic E-state index is 11.8. The van der Waals surface area contributed by atoms with Crippen LogP contribution in [0.2, 0.25) is 0 Å². The first-order valence-electron chi connectivity index (χ1n) is 5.54. The molecular weight excluding hydrogens is 234 g/mol. The number of methoxy groups -OCH3 is 1. The third-order valence-corrected chi connectivity index (χ3v) is 2.54. The van der Waals surface area contributed by atoms with Crippen molar-refractivity contribution in [3.05, 3.63) is 30.0 Å². The van der Waals surface area contributed by atoms with E-state index in [0.717, 1.165) is 5.39 Å². The number of hydrogen-bond donors (Lipinski definition) is 1. The Morgan fingerprint density at radius 1 is 1.33 bits per heavy atom. The van der Waals surface area contributed by atoms with Crippen molar-refractivity contribution >= 4 is 22.7 Å². The molecule has 0 aliphatic rings. The lowest BCUT2D eigenvalue weighted by atomic mass is 10.2. The lowest BCUT2D eigenvalue weighted by molar-refractivity contribution is -0.137. The number of aromatic amines is 1. The van der Waals surface area contributed by atoms with Crippen molar-refractivity contribution in [3.63, 3.8) is 0 Å². The summed E-state index contributed by atoms with van der Waals surface area (Å²) < 4.78 is 9.84. The number of esters is 1. The van der Waals surface area contributed by atoms with Crippen LogP contribution in [0.25, 0.3) is 10.9 Å². The van der Waals surface area contributed by atoms with Gasteiger partial charge in [0.2, 0.25) is 0 Å². The molecule has 0 spiro atoms. The number of fused-ring (bicyclic) bond motifs is 1. The number of ketones is 1. The molecule has 1 aromatic heterocycles. The molecule has 2 rings (SSSR count). The number of para-hydroxylation sites is 1. The highest BCUT2D eigenvalue weighted by Gasteiger charge is 2.20. The monoisotopic (exact) mass is 247 g/mol. The van der Waals surface area contributed by atoms with E-state index in [1.807, 2.05) is 12.1 Å². The van der Waals surface area contributed by atoms with Gasteiger partial charge in [-0.3, -0.25) is 4.79 Å². The number of Topliss-reactive ketones (excluding diaryl/α,β-unsaturated/α-hetero) is 1. The van der Waals surface area contributed by atoms with Crippen LogP contribution >= 0.6 is 0 Å². The number of hydrogen-bond acceptors (Lipinski definition) is 4. The van der Waals surface area contributed by atoms with Crippen molar-refractivity contribution in [1.82, 2.24) is 4.98 Å². The maximum Gasteiger partial charge on any atom is 0.381 e. The van der Waals surface area contributed by atoms with Crippen molar-refractivity contribution in [1.29, 1.82) is 0 Å². The van der Waals surface area contributed by atoms with Gasteiger partial charge in [0.15, 0.2) is 0 Å². The molecule has 0 atom stereocenters. The van der Waals surface area contributed by atoms with Crippen LogP contribution in [-0.4, -0.2) is 30.5 Å². The third kappa shape index (κ3) is 2.07. The number of carbonyl (C=O) groups excluding carboxylic acids is 2. The molecule has 0 saturated carbocycles. The molecule has 5 heteroatoms. The Hall–Kier alpha value is -2.30. The molecule has 0 saturated heterocycles. The van der Waals surface area contributed by atoms with E-state index < -0.39 is 11.8 Å². The Bertz CT molecular complexity index is 600. The van der Waals surface area contributed by atoms with Crippen molar-refractivity contribution < 1.29 is 19.1 Å². The fraction of sp³-hybridized carbons (Fsp3) is 0.231. The van der Waals surface area contributed by atoms with Gasteiger partial charge in [-0.05, 0) is 19.1 Å². The second-order valence-electron chi connectivity index (χ2n) is 3.66. The smallest absolute Gasteiger partial charge is 0.381 e. The van der Waals surface area contributed by atoms with Gasteiger partial charge in [0.1, 0.15) is 5.75 Å². The topological polar surface area (TPSA) is 68.4 Å². The lowest BCUT2D eigenvalue weighted by Crippen LogP contribution is -2.17. The largest absolute Gasteiger partial charge is 0.495 e. The Balaban J connectivity index is 2.41. The SMILES string of the molecule is CCOC(=O)C(=O)c1cc2cccc(OC)c2[nH]1. The molecule has 0 aliphatic heterocycles. The first-order chi connectivity index (χ1) is 8.67. The summed E-state index contributed by atoms with van der Waals surface area (Å²) >= 11 is 0. The molecule has 1 aromatic carbocycles. The highest BCUT2D eigenvalue weighted by molar-refractivity contribution is 6.40. The van der Waals surface area contributed by atoms with E-state index in [1.54, 1.807) is 26.2 Å². The van der Waals surface area contributed by atoms with E-state index >= 15 is 0 Å². The summed E-state index contributed by atoms with van der Waals surface area (Å²) in [6.45, 7) is 1.83. The zero-order valence-corrected chi connectivity index (χ0v) is 10.1. The molecular formula is C13H13NO4. The Kier molecular flexibility index (Phi) is 3.32. The van der Waals surface area contributed by atoms with Crippen LogP contribution in [0.15, 0.2) is 24.3 Å². The van der Waals surface area contributed by atoms with Gasteiger partial charge in [0, 0.05) is 5.39 Å². The van der Waals surface area contributed by atoms with Crippen molar-refractivity contribution in [2.24, 2.45) is 0 Å². The zero-order chi connectivity index (χ0) is 13.1. The number of aromatic nitrogens is 1. The lowest BCUT2D eigenvalue weighted by Gasteiger charge is -2.00. The fourth-order valence-electron chi connectivity index (χ4n) is 1.73. The minimum atomic E-state index is -0.858.